The lowest BCUT2D eigenvalue weighted by molar-refractivity contribution is -0.160. The smallest absolute Gasteiger partial charge is 0.312 e. The normalized spacial score (nSPS) is 31.0. The quantitative estimate of drug-likeness (QED) is 0.0597. The summed E-state index contributed by atoms with van der Waals surface area (Å²) in [5, 5.41) is 68.4. The van der Waals surface area contributed by atoms with Crippen LogP contribution in [0.15, 0.2) is 65.5 Å². The molecule has 7 rings (SSSR count). The van der Waals surface area contributed by atoms with E-state index in [1.165, 1.54) is 70.6 Å². The van der Waals surface area contributed by atoms with Gasteiger partial charge in [0, 0.05) is 80.8 Å². The van der Waals surface area contributed by atoms with Crippen LogP contribution in [-0.4, -0.2) is 122 Å². The number of hydrogen-bond acceptors (Lipinski definition) is 15. The lowest BCUT2D eigenvalue weighted by Crippen LogP contribution is -2.54. The maximum absolute atomic E-state index is 14.7. The van der Waals surface area contributed by atoms with Crippen molar-refractivity contribution >= 4 is 40.3 Å². The van der Waals surface area contributed by atoms with E-state index in [1.54, 1.807) is 39.8 Å². The number of phenolic OH excluding ortho intramolecular Hbond substituents is 3. The predicted octanol–water partition coefficient (Wildman–Crippen LogP) is 7.98. The number of aromatic hydroxyl groups is 3. The van der Waals surface area contributed by atoms with Crippen LogP contribution in [0.3, 0.4) is 0 Å². The largest absolute Gasteiger partial charge is 0.507 e. The van der Waals surface area contributed by atoms with Gasteiger partial charge < -0.3 is 49.8 Å². The summed E-state index contributed by atoms with van der Waals surface area (Å²) in [5.41, 5.74) is 2.09. The number of ether oxygens (including phenoxy) is 4. The molecule has 16 nitrogen and oxygen atoms in total. The third-order valence-electron chi connectivity index (χ3n) is 14.5. The minimum atomic E-state index is -2.07. The molecular weight excluding hydrogens is 909 g/mol. The zero-order valence-corrected chi connectivity index (χ0v) is 43.6. The van der Waals surface area contributed by atoms with E-state index < -0.39 is 88.8 Å². The van der Waals surface area contributed by atoms with Crippen LogP contribution in [0.1, 0.15) is 116 Å². The Morgan fingerprint density at radius 2 is 1.54 bits per heavy atom. The Labute approximate surface area is 417 Å². The molecular formula is C55H74N4O12. The number of nitrogens with one attached hydrogen (secondary N) is 1. The van der Waals surface area contributed by atoms with Crippen molar-refractivity contribution in [3.05, 3.63) is 88.2 Å². The molecule has 1 amide bonds. The Morgan fingerprint density at radius 3 is 2.13 bits per heavy atom. The topological polar surface area (TPSA) is 220 Å². The third kappa shape index (κ3) is 11.1. The van der Waals surface area contributed by atoms with Crippen molar-refractivity contribution < 1.29 is 58.9 Å². The van der Waals surface area contributed by atoms with Gasteiger partial charge >= 0.3 is 11.8 Å². The Hall–Kier alpha value is -5.94. The summed E-state index contributed by atoms with van der Waals surface area (Å²) in [4.78, 5) is 43.6. The van der Waals surface area contributed by atoms with E-state index in [0.29, 0.717) is 13.1 Å². The van der Waals surface area contributed by atoms with Crippen molar-refractivity contribution in [3.8, 4) is 23.0 Å². The molecule has 71 heavy (non-hydrogen) atoms. The number of Topliss-reactive ketones (excluding diaryl/α,β-unsaturated/α-hetero) is 1. The number of fused-ring (bicyclic) bond motifs is 14. The molecule has 1 saturated heterocycles. The Morgan fingerprint density at radius 1 is 0.901 bits per heavy atom. The van der Waals surface area contributed by atoms with Crippen molar-refractivity contribution in [2.45, 2.75) is 144 Å². The van der Waals surface area contributed by atoms with Crippen LogP contribution in [0, 0.1) is 30.6 Å². The number of amides is 1. The first kappa shape index (κ1) is 54.4. The number of anilines is 1. The van der Waals surface area contributed by atoms with Crippen LogP contribution in [0.4, 0.5) is 5.69 Å². The predicted molar refractivity (Wildman–Crippen MR) is 273 cm³/mol. The van der Waals surface area contributed by atoms with Gasteiger partial charge in [-0.2, -0.15) is 5.10 Å². The summed E-state index contributed by atoms with van der Waals surface area (Å²) in [7, 11) is 1.44. The number of benzene rings is 3. The first-order valence-corrected chi connectivity index (χ1v) is 24.4. The fourth-order valence-corrected chi connectivity index (χ4v) is 10.1. The van der Waals surface area contributed by atoms with Crippen LogP contribution >= 0.6 is 0 Å². The van der Waals surface area contributed by atoms with Crippen molar-refractivity contribution in [3.63, 3.8) is 0 Å². The summed E-state index contributed by atoms with van der Waals surface area (Å²) in [6.45, 7) is 25.3. The Bertz CT molecular complexity index is 2610. The molecule has 11 unspecified atom stereocenters. The molecule has 1 fully saturated rings. The van der Waals surface area contributed by atoms with Crippen LogP contribution in [0.2, 0.25) is 0 Å². The summed E-state index contributed by atoms with van der Waals surface area (Å²) < 4.78 is 23.9. The van der Waals surface area contributed by atoms with Crippen molar-refractivity contribution in [1.29, 1.82) is 0 Å². The number of aliphatic hydroxyl groups excluding tert-OH is 2. The average Bonchev–Trinajstić information content (AvgIpc) is 3.57. The monoisotopic (exact) mass is 983 g/mol. The fourth-order valence-electron chi connectivity index (χ4n) is 10.1. The first-order valence-electron chi connectivity index (χ1n) is 24.4. The van der Waals surface area contributed by atoms with Gasteiger partial charge in [-0.15, -0.1) is 0 Å². The summed E-state index contributed by atoms with van der Waals surface area (Å²) >= 11 is 0. The second kappa shape index (κ2) is 21.4. The van der Waals surface area contributed by atoms with Crippen LogP contribution in [-0.2, 0) is 35.8 Å². The van der Waals surface area contributed by atoms with Crippen LogP contribution in [0.25, 0.3) is 10.8 Å². The molecule has 5 bridgehead atoms. The number of nitrogens with zero attached hydrogens (tertiary/aromatic N) is 3. The number of esters is 1. The summed E-state index contributed by atoms with van der Waals surface area (Å²) in [6.07, 6.45) is 4.90. The van der Waals surface area contributed by atoms with Gasteiger partial charge in [-0.1, -0.05) is 91.0 Å². The number of carbonyl (C=O) groups excluding carboxylic acids is 3. The fraction of sp³-hybridized carbons (Fsp3) is 0.527. The highest BCUT2D eigenvalue weighted by atomic mass is 16.7. The number of methoxy groups -OCH3 is 1. The molecule has 3 aromatic carbocycles. The van der Waals surface area contributed by atoms with E-state index in [2.05, 4.69) is 55.3 Å². The van der Waals surface area contributed by atoms with Gasteiger partial charge in [0.05, 0.1) is 65.1 Å². The maximum atomic E-state index is 14.7. The van der Waals surface area contributed by atoms with Crippen LogP contribution < -0.4 is 10.1 Å². The highest BCUT2D eigenvalue weighted by molar-refractivity contribution is 6.23. The number of ketones is 1. The van der Waals surface area contributed by atoms with E-state index in [9.17, 15) is 39.9 Å². The zero-order valence-electron chi connectivity index (χ0n) is 43.6. The number of hydrazone groups is 1. The summed E-state index contributed by atoms with van der Waals surface area (Å²) in [6, 6.07) is 8.43. The molecule has 0 aromatic heterocycles. The number of piperazine rings is 1. The highest BCUT2D eigenvalue weighted by Crippen LogP contribution is 2.55. The van der Waals surface area contributed by atoms with Gasteiger partial charge in [0.2, 0.25) is 0 Å². The molecule has 0 saturated carbocycles. The first-order chi connectivity index (χ1) is 33.2. The second-order valence-electron chi connectivity index (χ2n) is 21.1. The SMILES string of the molecule is COC1/C=C/OC2(C)Oc3c(C)c(O)c4c(O)c(c(/C=N/N5C(C)CN(Cc6ccc(C(C)(C)C)cc6)CC5C)c(O)c4c3C2=O)NC(=O)/C(C)=C\C=C\C(C)C(O)C(C)C(O)C(C)C(OC(C)=O)C1C. The van der Waals surface area contributed by atoms with Crippen LogP contribution in [0.5, 0.6) is 23.0 Å². The van der Waals surface area contributed by atoms with E-state index in [1.807, 2.05) is 18.9 Å². The Kier molecular flexibility index (Phi) is 16.4. The third-order valence-corrected chi connectivity index (χ3v) is 14.5. The second-order valence-corrected chi connectivity index (χ2v) is 21.1. The minimum Gasteiger partial charge on any atom is -0.507 e. The molecule has 0 radical (unpaired) electrons. The molecule has 0 spiro atoms. The lowest BCUT2D eigenvalue weighted by atomic mass is 9.78. The molecule has 11 atom stereocenters. The van der Waals surface area contributed by atoms with Gasteiger partial charge in [0.1, 0.15) is 23.4 Å². The summed E-state index contributed by atoms with van der Waals surface area (Å²) in [5.74, 6) is -8.48. The van der Waals surface area contributed by atoms with Gasteiger partial charge in [0.25, 0.3) is 11.7 Å². The van der Waals surface area contributed by atoms with E-state index in [-0.39, 0.29) is 62.0 Å². The number of phenols is 3. The van der Waals surface area contributed by atoms with E-state index >= 15 is 0 Å². The molecule has 16 heteroatoms. The average molecular weight is 983 g/mol. The standard InChI is InChI=1S/C55H74N4O12/c1-28-16-15-17-29(2)53(67)57-44-39(24-56-59-30(3)25-58(26-31(59)4)27-37-18-20-38(21-19-37)54(10,11)12)48(64)41-42(49(44)65)47(63)35(8)51-43(41)52(66)55(13,71-51)69-23-22-40(68-14)32(5)50(70-36(9)60)34(7)46(62)33(6)45(28)61/h15-24,28,30-34,40,45-46,50,61-65H,25-27H2,1-14H3,(H,57,67)/b16-15+,23-22+,29-17-,56-24+. The number of carbonyl (C=O) groups is 3. The van der Waals surface area contributed by atoms with E-state index in [0.717, 1.165) is 6.54 Å². The molecule has 0 aliphatic carbocycles. The number of hydrogen-bond donors (Lipinski definition) is 6. The molecule has 4 heterocycles. The molecule has 4 aliphatic heterocycles. The van der Waals surface area contributed by atoms with Crippen molar-refractivity contribution in [2.75, 3.05) is 25.5 Å². The zero-order chi connectivity index (χ0) is 52.6. The molecule has 3 aromatic rings. The highest BCUT2D eigenvalue weighted by Gasteiger charge is 2.50. The maximum Gasteiger partial charge on any atom is 0.312 e. The molecule has 386 valence electrons. The number of allylic oxidation sites excluding steroid dienone is 2. The van der Waals surface area contributed by atoms with Gasteiger partial charge in [-0.25, -0.2) is 0 Å². The van der Waals surface area contributed by atoms with Crippen molar-refractivity contribution in [2.24, 2.45) is 28.8 Å². The Balaban J connectivity index is 1.45. The molecule has 6 N–H and O–H groups in total. The molecule has 4 aliphatic rings. The number of rotatable bonds is 6. The minimum absolute atomic E-state index is 0.0408. The lowest BCUT2D eigenvalue weighted by Gasteiger charge is -2.43. The van der Waals surface area contributed by atoms with Gasteiger partial charge in [0.15, 0.2) is 5.75 Å². The van der Waals surface area contributed by atoms with Gasteiger partial charge in [-0.05, 0) is 50.3 Å². The number of aliphatic hydroxyl groups is 2. The van der Waals surface area contributed by atoms with Crippen molar-refractivity contribution in [1.82, 2.24) is 9.91 Å². The van der Waals surface area contributed by atoms with Gasteiger partial charge in [-0.3, -0.25) is 24.3 Å². The van der Waals surface area contributed by atoms with E-state index in [4.69, 9.17) is 24.0 Å².